The summed E-state index contributed by atoms with van der Waals surface area (Å²) in [6.45, 7) is 0. The second-order valence-corrected chi connectivity index (χ2v) is 7.27. The smallest absolute Gasteiger partial charge is 0.222 e. The third kappa shape index (κ3) is 2.33. The van der Waals surface area contributed by atoms with Crippen LogP contribution in [0.2, 0.25) is 0 Å². The molecule has 0 radical (unpaired) electrons. The minimum atomic E-state index is 0.354. The summed E-state index contributed by atoms with van der Waals surface area (Å²) in [6.07, 6.45) is 5.08. The van der Waals surface area contributed by atoms with Gasteiger partial charge in [0.2, 0.25) is 5.95 Å². The maximum atomic E-state index is 5.75. The molecule has 0 aromatic carbocycles. The molecule has 1 aliphatic carbocycles. The number of nitrogen functional groups attached to an aromatic ring is 1. The van der Waals surface area contributed by atoms with Crippen LogP contribution in [0.25, 0.3) is 10.2 Å². The maximum absolute atomic E-state index is 5.75. The first kappa shape index (κ1) is 11.5. The second-order valence-electron chi connectivity index (χ2n) is 4.32. The van der Waals surface area contributed by atoms with E-state index in [-0.39, 0.29) is 0 Å². The number of hydrogen-bond donors (Lipinski definition) is 2. The van der Waals surface area contributed by atoms with Crippen LogP contribution in [0.5, 0.6) is 0 Å². The third-order valence-corrected chi connectivity index (χ3v) is 4.95. The molecule has 0 aliphatic heterocycles. The summed E-state index contributed by atoms with van der Waals surface area (Å²) in [5.74, 6) is 1.26. The highest BCUT2D eigenvalue weighted by Gasteiger charge is 2.17. The lowest BCUT2D eigenvalue weighted by Gasteiger charge is -2.13. The molecule has 0 spiro atoms. The molecule has 0 unspecified atom stereocenters. The molecule has 3 N–H and O–H groups in total. The predicted octanol–water partition coefficient (Wildman–Crippen LogP) is 3.23. The highest BCUT2D eigenvalue weighted by atomic mass is 127. The molecule has 6 heteroatoms. The molecule has 2 heterocycles. The van der Waals surface area contributed by atoms with Crippen molar-refractivity contribution in [2.24, 2.45) is 0 Å². The van der Waals surface area contributed by atoms with Gasteiger partial charge >= 0.3 is 0 Å². The van der Waals surface area contributed by atoms with E-state index in [1.54, 1.807) is 11.3 Å². The lowest BCUT2D eigenvalue weighted by molar-refractivity contribution is 0.752. The van der Waals surface area contributed by atoms with E-state index >= 15 is 0 Å². The molecule has 1 fully saturated rings. The van der Waals surface area contributed by atoms with Gasteiger partial charge in [-0.25, -0.2) is 4.98 Å². The molecule has 0 bridgehead atoms. The number of fused-ring (bicyclic) bond motifs is 1. The molecule has 17 heavy (non-hydrogen) atoms. The zero-order valence-corrected chi connectivity index (χ0v) is 12.2. The van der Waals surface area contributed by atoms with Gasteiger partial charge in [0.1, 0.15) is 5.82 Å². The van der Waals surface area contributed by atoms with Gasteiger partial charge in [-0.1, -0.05) is 12.8 Å². The Labute approximate surface area is 117 Å². The zero-order chi connectivity index (χ0) is 11.8. The third-order valence-electron chi connectivity index (χ3n) is 3.05. The zero-order valence-electron chi connectivity index (χ0n) is 9.24. The Morgan fingerprint density at radius 1 is 1.35 bits per heavy atom. The fourth-order valence-electron chi connectivity index (χ4n) is 2.28. The molecule has 2 aromatic rings. The Morgan fingerprint density at radius 3 is 2.88 bits per heavy atom. The van der Waals surface area contributed by atoms with Crippen LogP contribution in [0, 0.1) is 2.88 Å². The monoisotopic (exact) mass is 360 g/mol. The van der Waals surface area contributed by atoms with Crippen LogP contribution in [0.3, 0.4) is 0 Å². The first-order chi connectivity index (χ1) is 8.22. The van der Waals surface area contributed by atoms with Gasteiger partial charge in [0.25, 0.3) is 0 Å². The fourth-order valence-corrected chi connectivity index (χ4v) is 4.01. The average molecular weight is 360 g/mol. The molecule has 0 saturated heterocycles. The van der Waals surface area contributed by atoms with Gasteiger partial charge in [-0.15, -0.1) is 11.3 Å². The van der Waals surface area contributed by atoms with E-state index in [4.69, 9.17) is 5.73 Å². The minimum Gasteiger partial charge on any atom is -0.368 e. The van der Waals surface area contributed by atoms with Gasteiger partial charge < -0.3 is 11.1 Å². The van der Waals surface area contributed by atoms with Crippen LogP contribution in [-0.4, -0.2) is 16.0 Å². The minimum absolute atomic E-state index is 0.354. The SMILES string of the molecule is Nc1nc(NC2CCCC2)c2sc(I)cc2n1. The van der Waals surface area contributed by atoms with E-state index in [9.17, 15) is 0 Å². The number of anilines is 2. The number of aromatic nitrogens is 2. The van der Waals surface area contributed by atoms with E-state index < -0.39 is 0 Å². The van der Waals surface area contributed by atoms with E-state index in [1.165, 1.54) is 28.6 Å². The Bertz CT molecular complexity index is 548. The Kier molecular flexibility index (Phi) is 3.08. The van der Waals surface area contributed by atoms with Gasteiger partial charge in [0.15, 0.2) is 0 Å². The number of nitrogens with two attached hydrogens (primary N) is 1. The summed E-state index contributed by atoms with van der Waals surface area (Å²) in [5.41, 5.74) is 6.70. The molecule has 1 saturated carbocycles. The van der Waals surface area contributed by atoms with E-state index in [2.05, 4.69) is 43.9 Å². The summed E-state index contributed by atoms with van der Waals surface area (Å²) in [6, 6.07) is 2.60. The van der Waals surface area contributed by atoms with E-state index in [1.807, 2.05) is 0 Å². The lowest BCUT2D eigenvalue weighted by atomic mass is 10.2. The first-order valence-electron chi connectivity index (χ1n) is 5.71. The predicted molar refractivity (Wildman–Crippen MR) is 80.4 cm³/mol. The Balaban J connectivity index is 2.01. The van der Waals surface area contributed by atoms with Crippen molar-refractivity contribution in [3.8, 4) is 0 Å². The first-order valence-corrected chi connectivity index (χ1v) is 7.61. The van der Waals surface area contributed by atoms with Crippen molar-refractivity contribution in [3.63, 3.8) is 0 Å². The van der Waals surface area contributed by atoms with Crippen molar-refractivity contribution < 1.29 is 0 Å². The number of halogens is 1. The highest BCUT2D eigenvalue weighted by Crippen LogP contribution is 2.32. The molecule has 1 aliphatic rings. The van der Waals surface area contributed by atoms with Crippen LogP contribution < -0.4 is 11.1 Å². The number of rotatable bonds is 2. The molecule has 4 nitrogen and oxygen atoms in total. The van der Waals surface area contributed by atoms with Crippen molar-refractivity contribution in [3.05, 3.63) is 8.95 Å². The van der Waals surface area contributed by atoms with Crippen molar-refractivity contribution in [1.82, 2.24) is 9.97 Å². The highest BCUT2D eigenvalue weighted by molar-refractivity contribution is 14.1. The summed E-state index contributed by atoms with van der Waals surface area (Å²) in [4.78, 5) is 8.60. The molecular weight excluding hydrogens is 347 g/mol. The summed E-state index contributed by atoms with van der Waals surface area (Å²) < 4.78 is 2.34. The standard InChI is InChI=1S/C11H13IN4S/c12-8-5-7-9(17-8)10(16-11(13)15-7)14-6-3-1-2-4-6/h5-6H,1-4H2,(H3,13,14,15,16). The number of hydrogen-bond acceptors (Lipinski definition) is 5. The molecule has 0 amide bonds. The van der Waals surface area contributed by atoms with Crippen LogP contribution in [0.15, 0.2) is 6.07 Å². The van der Waals surface area contributed by atoms with E-state index in [0.29, 0.717) is 12.0 Å². The molecular formula is C11H13IN4S. The van der Waals surface area contributed by atoms with Crippen molar-refractivity contribution in [2.45, 2.75) is 31.7 Å². The van der Waals surface area contributed by atoms with Crippen molar-refractivity contribution in [2.75, 3.05) is 11.1 Å². The Hall–Kier alpha value is -0.630. The second kappa shape index (κ2) is 4.56. The number of thiophene rings is 1. The molecule has 3 rings (SSSR count). The lowest BCUT2D eigenvalue weighted by Crippen LogP contribution is -2.16. The van der Waals surface area contributed by atoms with Crippen LogP contribution in [0.4, 0.5) is 11.8 Å². The average Bonchev–Trinajstić information content (AvgIpc) is 2.86. The largest absolute Gasteiger partial charge is 0.368 e. The van der Waals surface area contributed by atoms with Gasteiger partial charge in [0, 0.05) is 6.04 Å². The summed E-state index contributed by atoms with van der Waals surface area (Å²) in [5, 5.41) is 3.51. The maximum Gasteiger partial charge on any atom is 0.222 e. The normalized spacial score (nSPS) is 16.8. The molecule has 90 valence electrons. The molecule has 0 atom stereocenters. The van der Waals surface area contributed by atoms with Crippen LogP contribution in [-0.2, 0) is 0 Å². The van der Waals surface area contributed by atoms with Crippen molar-refractivity contribution in [1.29, 1.82) is 0 Å². The van der Waals surface area contributed by atoms with Crippen molar-refractivity contribution >= 4 is 55.9 Å². The number of nitrogens with one attached hydrogen (secondary N) is 1. The van der Waals surface area contributed by atoms with Gasteiger partial charge in [0.05, 0.1) is 13.1 Å². The van der Waals surface area contributed by atoms with Crippen LogP contribution >= 0.6 is 33.9 Å². The molecule has 2 aromatic heterocycles. The quantitative estimate of drug-likeness (QED) is 0.808. The van der Waals surface area contributed by atoms with E-state index in [0.717, 1.165) is 16.0 Å². The summed E-state index contributed by atoms with van der Waals surface area (Å²) in [7, 11) is 0. The van der Waals surface area contributed by atoms with Crippen LogP contribution in [0.1, 0.15) is 25.7 Å². The van der Waals surface area contributed by atoms with Gasteiger partial charge in [-0.2, -0.15) is 4.98 Å². The summed E-state index contributed by atoms with van der Waals surface area (Å²) >= 11 is 4.02. The Morgan fingerprint density at radius 2 is 2.12 bits per heavy atom. The topological polar surface area (TPSA) is 63.8 Å². The fraction of sp³-hybridized carbons (Fsp3) is 0.455. The van der Waals surface area contributed by atoms with Gasteiger partial charge in [-0.3, -0.25) is 0 Å². The van der Waals surface area contributed by atoms with Gasteiger partial charge in [-0.05, 0) is 41.5 Å². The number of nitrogens with zero attached hydrogens (tertiary/aromatic N) is 2.